The number of carbonyl (C=O) groups excluding carboxylic acids is 1. The van der Waals surface area contributed by atoms with Crippen LogP contribution in [0.5, 0.6) is 11.5 Å². The fraction of sp³-hybridized carbons (Fsp3) is 0.318. The molecular weight excluding hydrogens is 328 g/mol. The first-order valence-corrected chi connectivity index (χ1v) is 8.69. The van der Waals surface area contributed by atoms with Gasteiger partial charge >= 0.3 is 5.97 Å². The van der Waals surface area contributed by atoms with Gasteiger partial charge in [-0.25, -0.2) is 4.79 Å². The lowest BCUT2D eigenvalue weighted by Gasteiger charge is -2.17. The molecule has 0 fully saturated rings. The molecule has 0 saturated heterocycles. The van der Waals surface area contributed by atoms with E-state index in [0.29, 0.717) is 13.0 Å². The van der Waals surface area contributed by atoms with Gasteiger partial charge in [-0.3, -0.25) is 0 Å². The fourth-order valence-corrected chi connectivity index (χ4v) is 2.75. The van der Waals surface area contributed by atoms with Crippen molar-refractivity contribution in [1.29, 1.82) is 0 Å². The minimum absolute atomic E-state index is 0.265. The average molecular weight is 354 g/mol. The molecule has 0 heterocycles. The zero-order chi connectivity index (χ0) is 18.9. The largest absolute Gasteiger partial charge is 0.496 e. The maximum atomic E-state index is 11.9. The van der Waals surface area contributed by atoms with Crippen LogP contribution in [0.2, 0.25) is 0 Å². The molecule has 0 aliphatic rings. The number of hydrogen-bond donors (Lipinski definition) is 0. The molecule has 26 heavy (non-hydrogen) atoms. The van der Waals surface area contributed by atoms with Gasteiger partial charge in [-0.15, -0.1) is 0 Å². The third-order valence-corrected chi connectivity index (χ3v) is 4.03. The quantitative estimate of drug-likeness (QED) is 0.512. The molecule has 2 rings (SSSR count). The second-order valence-corrected chi connectivity index (χ2v) is 6.23. The minimum Gasteiger partial charge on any atom is -0.496 e. The first kappa shape index (κ1) is 19.6. The molecule has 4 heteroatoms. The van der Waals surface area contributed by atoms with Crippen LogP contribution in [0.1, 0.15) is 36.5 Å². The van der Waals surface area contributed by atoms with Crippen LogP contribution in [-0.4, -0.2) is 26.8 Å². The lowest BCUT2D eigenvalue weighted by molar-refractivity contribution is -0.137. The maximum absolute atomic E-state index is 11.9. The Morgan fingerprint density at radius 1 is 1.04 bits per heavy atom. The normalized spacial score (nSPS) is 11.0. The summed E-state index contributed by atoms with van der Waals surface area (Å²) < 4.78 is 16.2. The average Bonchev–Trinajstić information content (AvgIpc) is 2.66. The van der Waals surface area contributed by atoms with Crippen molar-refractivity contribution in [2.24, 2.45) is 0 Å². The van der Waals surface area contributed by atoms with Gasteiger partial charge in [0.1, 0.15) is 11.5 Å². The number of ether oxygens (including phenoxy) is 3. The first-order chi connectivity index (χ1) is 12.5. The topological polar surface area (TPSA) is 44.8 Å². The number of rotatable bonds is 8. The van der Waals surface area contributed by atoms with Crippen LogP contribution in [-0.2, 0) is 16.0 Å². The number of methoxy groups -OCH3 is 2. The third kappa shape index (κ3) is 5.38. The number of esters is 1. The third-order valence-electron chi connectivity index (χ3n) is 4.03. The van der Waals surface area contributed by atoms with Gasteiger partial charge in [0, 0.05) is 18.1 Å². The Labute approximate surface area is 155 Å². The molecular formula is C22H26O4. The van der Waals surface area contributed by atoms with E-state index >= 15 is 0 Å². The van der Waals surface area contributed by atoms with Crippen LogP contribution < -0.4 is 9.47 Å². The summed E-state index contributed by atoms with van der Waals surface area (Å²) in [5, 5.41) is 0. The van der Waals surface area contributed by atoms with Crippen LogP contribution in [0.25, 0.3) is 6.08 Å². The van der Waals surface area contributed by atoms with E-state index in [9.17, 15) is 4.79 Å². The highest BCUT2D eigenvalue weighted by molar-refractivity contribution is 5.87. The van der Waals surface area contributed by atoms with E-state index in [-0.39, 0.29) is 11.9 Å². The lowest BCUT2D eigenvalue weighted by Crippen LogP contribution is -2.04. The second-order valence-electron chi connectivity index (χ2n) is 6.23. The highest BCUT2D eigenvalue weighted by atomic mass is 16.5. The van der Waals surface area contributed by atoms with E-state index in [0.717, 1.165) is 28.2 Å². The van der Waals surface area contributed by atoms with Gasteiger partial charge in [-0.1, -0.05) is 44.2 Å². The van der Waals surface area contributed by atoms with Crippen molar-refractivity contribution in [3.05, 3.63) is 65.2 Å². The summed E-state index contributed by atoms with van der Waals surface area (Å²) in [5.41, 5.74) is 2.98. The number of benzene rings is 2. The maximum Gasteiger partial charge on any atom is 0.330 e. The van der Waals surface area contributed by atoms with E-state index < -0.39 is 0 Å². The number of hydrogen-bond acceptors (Lipinski definition) is 4. The van der Waals surface area contributed by atoms with Crippen molar-refractivity contribution in [2.75, 3.05) is 20.8 Å². The van der Waals surface area contributed by atoms with E-state index in [4.69, 9.17) is 14.2 Å². The Bertz CT molecular complexity index is 723. The molecule has 0 amide bonds. The molecule has 0 saturated carbocycles. The molecule has 2 aromatic rings. The van der Waals surface area contributed by atoms with Crippen LogP contribution in [0, 0.1) is 0 Å². The van der Waals surface area contributed by atoms with Gasteiger partial charge in [-0.05, 0) is 35.3 Å². The van der Waals surface area contributed by atoms with Gasteiger partial charge < -0.3 is 14.2 Å². The Morgan fingerprint density at radius 2 is 1.65 bits per heavy atom. The standard InChI is InChI=1S/C22H26O4/c1-16(2)22-19(24-3)14-18(15-20(22)25-4)10-11-21(23)26-13-12-17-8-6-5-7-9-17/h5-11,14-16H,12-13H2,1-4H3/b11-10+. The molecule has 0 N–H and O–H groups in total. The van der Waals surface area contributed by atoms with E-state index in [2.05, 4.69) is 13.8 Å². The summed E-state index contributed by atoms with van der Waals surface area (Å²) in [6.45, 7) is 4.52. The summed E-state index contributed by atoms with van der Waals surface area (Å²) in [6.07, 6.45) is 3.83. The van der Waals surface area contributed by atoms with E-state index in [1.807, 2.05) is 42.5 Å². The van der Waals surface area contributed by atoms with Crippen LogP contribution in [0.3, 0.4) is 0 Å². The second kappa shape index (κ2) is 9.66. The van der Waals surface area contributed by atoms with Crippen molar-refractivity contribution < 1.29 is 19.0 Å². The van der Waals surface area contributed by atoms with Crippen LogP contribution >= 0.6 is 0 Å². The molecule has 2 aromatic carbocycles. The molecule has 0 spiro atoms. The summed E-state index contributed by atoms with van der Waals surface area (Å²) in [5.74, 6) is 1.39. The summed E-state index contributed by atoms with van der Waals surface area (Å²) in [6, 6.07) is 13.7. The molecule has 0 bridgehead atoms. The molecule has 4 nitrogen and oxygen atoms in total. The molecule has 0 atom stereocenters. The van der Waals surface area contributed by atoms with Gasteiger partial charge in [0.2, 0.25) is 0 Å². The van der Waals surface area contributed by atoms with Gasteiger partial charge in [-0.2, -0.15) is 0 Å². The zero-order valence-corrected chi connectivity index (χ0v) is 15.8. The smallest absolute Gasteiger partial charge is 0.330 e. The molecule has 0 unspecified atom stereocenters. The van der Waals surface area contributed by atoms with E-state index in [1.54, 1.807) is 20.3 Å². The van der Waals surface area contributed by atoms with Crippen molar-refractivity contribution >= 4 is 12.0 Å². The van der Waals surface area contributed by atoms with Gasteiger partial charge in [0.05, 0.1) is 20.8 Å². The predicted molar refractivity (Wildman–Crippen MR) is 104 cm³/mol. The summed E-state index contributed by atoms with van der Waals surface area (Å²) >= 11 is 0. The Kier molecular flexibility index (Phi) is 7.27. The van der Waals surface area contributed by atoms with E-state index in [1.165, 1.54) is 6.08 Å². The van der Waals surface area contributed by atoms with Crippen molar-refractivity contribution in [3.63, 3.8) is 0 Å². The van der Waals surface area contributed by atoms with Crippen LogP contribution in [0.15, 0.2) is 48.5 Å². The van der Waals surface area contributed by atoms with Gasteiger partial charge in [0.25, 0.3) is 0 Å². The Hall–Kier alpha value is -2.75. The van der Waals surface area contributed by atoms with Crippen LogP contribution in [0.4, 0.5) is 0 Å². The molecule has 0 aliphatic carbocycles. The Morgan fingerprint density at radius 3 is 2.19 bits per heavy atom. The fourth-order valence-electron chi connectivity index (χ4n) is 2.75. The molecule has 0 aliphatic heterocycles. The summed E-state index contributed by atoms with van der Waals surface area (Å²) in [4.78, 5) is 11.9. The minimum atomic E-state index is -0.369. The zero-order valence-electron chi connectivity index (χ0n) is 15.8. The van der Waals surface area contributed by atoms with Crippen molar-refractivity contribution in [1.82, 2.24) is 0 Å². The van der Waals surface area contributed by atoms with Crippen molar-refractivity contribution in [3.8, 4) is 11.5 Å². The Balaban J connectivity index is 2.01. The predicted octanol–water partition coefficient (Wildman–Crippen LogP) is 4.63. The number of carbonyl (C=O) groups is 1. The highest BCUT2D eigenvalue weighted by Gasteiger charge is 2.15. The highest BCUT2D eigenvalue weighted by Crippen LogP contribution is 2.36. The first-order valence-electron chi connectivity index (χ1n) is 8.69. The summed E-state index contributed by atoms with van der Waals surface area (Å²) in [7, 11) is 3.26. The SMILES string of the molecule is COc1cc(/C=C/C(=O)OCCc2ccccc2)cc(OC)c1C(C)C. The molecule has 138 valence electrons. The molecule has 0 radical (unpaired) electrons. The monoisotopic (exact) mass is 354 g/mol. The van der Waals surface area contributed by atoms with Crippen molar-refractivity contribution in [2.45, 2.75) is 26.2 Å². The lowest BCUT2D eigenvalue weighted by atomic mass is 9.98. The molecule has 0 aromatic heterocycles. The van der Waals surface area contributed by atoms with Gasteiger partial charge in [0.15, 0.2) is 0 Å².